The van der Waals surface area contributed by atoms with E-state index >= 15 is 0 Å². The largest absolute Gasteiger partial charge is 0.467 e. The molecule has 25 heavy (non-hydrogen) atoms. The van der Waals surface area contributed by atoms with E-state index in [1.165, 1.54) is 7.11 Å². The lowest BCUT2D eigenvalue weighted by Gasteiger charge is -2.30. The predicted octanol–water partition coefficient (Wildman–Crippen LogP) is 2.55. The van der Waals surface area contributed by atoms with Crippen LogP contribution in [0.5, 0.6) is 6.01 Å². The predicted molar refractivity (Wildman–Crippen MR) is 99.4 cm³/mol. The van der Waals surface area contributed by atoms with Gasteiger partial charge in [-0.25, -0.2) is 4.98 Å². The highest BCUT2D eigenvalue weighted by atomic mass is 16.5. The van der Waals surface area contributed by atoms with E-state index in [1.54, 1.807) is 6.20 Å². The lowest BCUT2D eigenvalue weighted by molar-refractivity contribution is 0.182. The Morgan fingerprint density at radius 1 is 1.04 bits per heavy atom. The maximum atomic E-state index is 5.16. The molecule has 0 aliphatic heterocycles. The van der Waals surface area contributed by atoms with Crippen LogP contribution in [0.15, 0.2) is 24.4 Å². The zero-order chi connectivity index (χ0) is 18.2. The SMILES string of the molecule is COc1nc(NCCN(C(C)C)C(C)C)nc(Nc2ccccn2)n1. The maximum Gasteiger partial charge on any atom is 0.322 e. The number of rotatable bonds is 9. The van der Waals surface area contributed by atoms with Gasteiger partial charge in [-0.2, -0.15) is 15.0 Å². The Morgan fingerprint density at radius 3 is 2.36 bits per heavy atom. The Kier molecular flexibility index (Phi) is 6.88. The number of methoxy groups -OCH3 is 1. The van der Waals surface area contributed by atoms with E-state index in [9.17, 15) is 0 Å². The zero-order valence-corrected chi connectivity index (χ0v) is 15.5. The Morgan fingerprint density at radius 2 is 1.76 bits per heavy atom. The van der Waals surface area contributed by atoms with E-state index < -0.39 is 0 Å². The lowest BCUT2D eigenvalue weighted by Crippen LogP contribution is -2.40. The first kappa shape index (κ1) is 18.9. The Balaban J connectivity index is 2.03. The van der Waals surface area contributed by atoms with Crippen molar-refractivity contribution < 1.29 is 4.74 Å². The van der Waals surface area contributed by atoms with Gasteiger partial charge in [0, 0.05) is 31.4 Å². The van der Waals surface area contributed by atoms with Crippen LogP contribution in [0.2, 0.25) is 0 Å². The van der Waals surface area contributed by atoms with Gasteiger partial charge in [-0.15, -0.1) is 0 Å². The van der Waals surface area contributed by atoms with Gasteiger partial charge in [-0.05, 0) is 39.8 Å². The second-order valence-electron chi connectivity index (χ2n) is 6.16. The molecule has 0 atom stereocenters. The van der Waals surface area contributed by atoms with Crippen molar-refractivity contribution in [2.75, 3.05) is 30.8 Å². The third kappa shape index (κ3) is 5.82. The summed E-state index contributed by atoms with van der Waals surface area (Å²) in [4.78, 5) is 19.4. The summed E-state index contributed by atoms with van der Waals surface area (Å²) in [5.74, 6) is 1.52. The summed E-state index contributed by atoms with van der Waals surface area (Å²) in [5, 5.41) is 6.29. The molecule has 2 aromatic heterocycles. The van der Waals surface area contributed by atoms with E-state index in [-0.39, 0.29) is 6.01 Å². The zero-order valence-electron chi connectivity index (χ0n) is 15.5. The minimum atomic E-state index is 0.250. The van der Waals surface area contributed by atoms with E-state index in [2.05, 4.69) is 63.2 Å². The fourth-order valence-electron chi connectivity index (χ4n) is 2.54. The monoisotopic (exact) mass is 345 g/mol. The molecule has 2 aromatic rings. The second-order valence-corrected chi connectivity index (χ2v) is 6.16. The fourth-order valence-corrected chi connectivity index (χ4v) is 2.54. The molecule has 0 spiro atoms. The van der Waals surface area contributed by atoms with Crippen molar-refractivity contribution >= 4 is 17.7 Å². The van der Waals surface area contributed by atoms with Gasteiger partial charge in [0.25, 0.3) is 0 Å². The second kappa shape index (κ2) is 9.12. The van der Waals surface area contributed by atoms with Gasteiger partial charge in [-0.1, -0.05) is 6.07 Å². The Labute approximate surface area is 149 Å². The molecule has 0 fully saturated rings. The molecule has 2 N–H and O–H groups in total. The van der Waals surface area contributed by atoms with Gasteiger partial charge in [0.1, 0.15) is 5.82 Å². The van der Waals surface area contributed by atoms with Crippen molar-refractivity contribution in [1.29, 1.82) is 0 Å². The van der Waals surface area contributed by atoms with Crippen LogP contribution in [0.4, 0.5) is 17.7 Å². The first-order valence-corrected chi connectivity index (χ1v) is 8.47. The minimum absolute atomic E-state index is 0.250. The Hall–Kier alpha value is -2.48. The summed E-state index contributed by atoms with van der Waals surface area (Å²) < 4.78 is 5.16. The van der Waals surface area contributed by atoms with Crippen LogP contribution in [-0.4, -0.2) is 57.1 Å². The number of nitrogens with zero attached hydrogens (tertiary/aromatic N) is 5. The number of hydrogen-bond donors (Lipinski definition) is 2. The van der Waals surface area contributed by atoms with Crippen molar-refractivity contribution in [2.24, 2.45) is 0 Å². The standard InChI is InChI=1S/C17H27N7O/c1-12(2)24(13(3)4)11-10-19-15-21-16(23-17(22-15)25-5)20-14-8-6-7-9-18-14/h6-9,12-13H,10-11H2,1-5H3,(H2,18,19,20,21,22,23). The van der Waals surface area contributed by atoms with Gasteiger partial charge in [0.05, 0.1) is 7.11 Å². The molecule has 2 rings (SSSR count). The molecule has 0 saturated carbocycles. The number of hydrogen-bond acceptors (Lipinski definition) is 8. The highest BCUT2D eigenvalue weighted by molar-refractivity contribution is 5.49. The summed E-state index contributed by atoms with van der Waals surface area (Å²) in [7, 11) is 1.53. The van der Waals surface area contributed by atoms with Crippen molar-refractivity contribution in [3.8, 4) is 6.01 Å². The van der Waals surface area contributed by atoms with Crippen molar-refractivity contribution in [3.05, 3.63) is 24.4 Å². The average Bonchev–Trinajstić information content (AvgIpc) is 2.58. The van der Waals surface area contributed by atoms with Gasteiger partial charge in [0.2, 0.25) is 11.9 Å². The average molecular weight is 345 g/mol. The van der Waals surface area contributed by atoms with E-state index in [4.69, 9.17) is 4.74 Å². The summed E-state index contributed by atoms with van der Waals surface area (Å²) in [6, 6.07) is 6.79. The smallest absolute Gasteiger partial charge is 0.322 e. The fraction of sp³-hybridized carbons (Fsp3) is 0.529. The van der Waals surface area contributed by atoms with Crippen LogP contribution in [0.25, 0.3) is 0 Å². The maximum absolute atomic E-state index is 5.16. The van der Waals surface area contributed by atoms with Crippen molar-refractivity contribution in [1.82, 2.24) is 24.8 Å². The van der Waals surface area contributed by atoms with Crippen LogP contribution in [0.1, 0.15) is 27.7 Å². The van der Waals surface area contributed by atoms with E-state index in [0.29, 0.717) is 29.8 Å². The molecule has 0 amide bonds. The molecule has 136 valence electrons. The molecule has 0 aromatic carbocycles. The molecule has 2 heterocycles. The number of ether oxygens (including phenoxy) is 1. The topological polar surface area (TPSA) is 88.1 Å². The number of pyridine rings is 1. The molecule has 0 saturated heterocycles. The number of nitrogens with one attached hydrogen (secondary N) is 2. The van der Waals surface area contributed by atoms with Crippen LogP contribution in [0, 0.1) is 0 Å². The third-order valence-corrected chi connectivity index (χ3v) is 3.68. The Bertz CT molecular complexity index is 641. The summed E-state index contributed by atoms with van der Waals surface area (Å²) in [6.45, 7) is 10.4. The molecular formula is C17H27N7O. The van der Waals surface area contributed by atoms with Crippen LogP contribution >= 0.6 is 0 Å². The van der Waals surface area contributed by atoms with Gasteiger partial charge in [0.15, 0.2) is 0 Å². The molecule has 8 nitrogen and oxygen atoms in total. The minimum Gasteiger partial charge on any atom is -0.467 e. The molecule has 0 unspecified atom stereocenters. The van der Waals surface area contributed by atoms with Crippen LogP contribution in [-0.2, 0) is 0 Å². The van der Waals surface area contributed by atoms with E-state index in [1.807, 2.05) is 18.2 Å². The highest BCUT2D eigenvalue weighted by Crippen LogP contribution is 2.14. The lowest BCUT2D eigenvalue weighted by atomic mass is 10.2. The first-order valence-electron chi connectivity index (χ1n) is 8.47. The molecule has 0 aliphatic carbocycles. The highest BCUT2D eigenvalue weighted by Gasteiger charge is 2.13. The summed E-state index contributed by atoms with van der Waals surface area (Å²) in [5.41, 5.74) is 0. The first-order chi connectivity index (χ1) is 12.0. The molecule has 0 radical (unpaired) electrons. The van der Waals surface area contributed by atoms with Crippen LogP contribution < -0.4 is 15.4 Å². The van der Waals surface area contributed by atoms with Gasteiger partial charge in [-0.3, -0.25) is 4.90 Å². The van der Waals surface area contributed by atoms with E-state index in [0.717, 1.165) is 13.1 Å². The van der Waals surface area contributed by atoms with Crippen LogP contribution in [0.3, 0.4) is 0 Å². The quantitative estimate of drug-likeness (QED) is 0.717. The van der Waals surface area contributed by atoms with Gasteiger partial charge >= 0.3 is 6.01 Å². The van der Waals surface area contributed by atoms with Crippen molar-refractivity contribution in [3.63, 3.8) is 0 Å². The molecule has 0 bridgehead atoms. The number of aromatic nitrogens is 4. The molecule has 0 aliphatic rings. The number of anilines is 3. The molecular weight excluding hydrogens is 318 g/mol. The molecule has 8 heteroatoms. The normalized spacial score (nSPS) is 11.2. The van der Waals surface area contributed by atoms with Crippen molar-refractivity contribution in [2.45, 2.75) is 39.8 Å². The summed E-state index contributed by atoms with van der Waals surface area (Å²) in [6.07, 6.45) is 1.70. The van der Waals surface area contributed by atoms with Gasteiger partial charge < -0.3 is 15.4 Å². The summed E-state index contributed by atoms with van der Waals surface area (Å²) >= 11 is 0. The third-order valence-electron chi connectivity index (χ3n) is 3.68.